The predicted octanol–water partition coefficient (Wildman–Crippen LogP) is 2.49. The molecule has 0 radical (unpaired) electrons. The fourth-order valence-electron chi connectivity index (χ4n) is 4.08. The molecule has 0 aromatic heterocycles. The Morgan fingerprint density at radius 2 is 1.65 bits per heavy atom. The lowest BCUT2D eigenvalue weighted by molar-refractivity contribution is 0.104. The van der Waals surface area contributed by atoms with Crippen LogP contribution in [0.5, 0.6) is 0 Å². The number of nitrogens with zero attached hydrogens (tertiary/aromatic N) is 1. The van der Waals surface area contributed by atoms with Crippen LogP contribution in [0.4, 0.5) is 0 Å². The first-order valence-corrected chi connectivity index (χ1v) is 7.35. The van der Waals surface area contributed by atoms with Crippen molar-refractivity contribution in [3.05, 3.63) is 0 Å². The largest absolute Gasteiger partial charge is 0.311 e. The number of hydrogen-bond donors (Lipinski definition) is 1. The van der Waals surface area contributed by atoms with Crippen molar-refractivity contribution in [2.24, 2.45) is 16.7 Å². The summed E-state index contributed by atoms with van der Waals surface area (Å²) in [4.78, 5) is 2.81. The molecule has 0 spiro atoms. The maximum Gasteiger partial charge on any atom is 0.0224 e. The summed E-state index contributed by atoms with van der Waals surface area (Å²) in [5.41, 5.74) is 0.986. The fourth-order valence-corrected chi connectivity index (χ4v) is 4.08. The molecule has 2 heteroatoms. The molecule has 1 heterocycles. The zero-order chi connectivity index (χ0) is 12.4. The quantitative estimate of drug-likeness (QED) is 0.792. The Kier molecular flexibility index (Phi) is 2.45. The Labute approximate surface area is 106 Å². The molecule has 3 aliphatic rings. The van der Waals surface area contributed by atoms with Crippen molar-refractivity contribution < 1.29 is 0 Å². The van der Waals surface area contributed by atoms with Crippen molar-refractivity contribution in [3.8, 4) is 0 Å². The standard InChI is InChI=1S/C15H28N2/c1-10-8-16-12(11-6-7-11)9-17(10)13-14(2,3)15(13,4)5/h10-13,16H,6-9H2,1-5H3. The van der Waals surface area contributed by atoms with Crippen LogP contribution < -0.4 is 5.32 Å². The van der Waals surface area contributed by atoms with Crippen LogP contribution >= 0.6 is 0 Å². The van der Waals surface area contributed by atoms with Gasteiger partial charge in [-0.15, -0.1) is 0 Å². The van der Waals surface area contributed by atoms with E-state index in [9.17, 15) is 0 Å². The van der Waals surface area contributed by atoms with Crippen LogP contribution in [0.15, 0.2) is 0 Å². The van der Waals surface area contributed by atoms with E-state index in [1.165, 1.54) is 25.9 Å². The highest BCUT2D eigenvalue weighted by Crippen LogP contribution is 2.65. The Balaban J connectivity index is 1.73. The van der Waals surface area contributed by atoms with Crippen molar-refractivity contribution in [2.45, 2.75) is 65.6 Å². The van der Waals surface area contributed by atoms with Crippen LogP contribution in [-0.4, -0.2) is 36.1 Å². The van der Waals surface area contributed by atoms with Crippen LogP contribution in [-0.2, 0) is 0 Å². The highest BCUT2D eigenvalue weighted by atomic mass is 15.3. The maximum atomic E-state index is 3.76. The van der Waals surface area contributed by atoms with E-state index in [0.717, 1.165) is 18.0 Å². The Hall–Kier alpha value is -0.0800. The molecule has 3 rings (SSSR count). The lowest BCUT2D eigenvalue weighted by Crippen LogP contribution is -2.57. The Morgan fingerprint density at radius 3 is 2.12 bits per heavy atom. The van der Waals surface area contributed by atoms with E-state index in [-0.39, 0.29) is 0 Å². The van der Waals surface area contributed by atoms with Gasteiger partial charge in [-0.3, -0.25) is 4.90 Å². The molecule has 0 amide bonds. The van der Waals surface area contributed by atoms with Crippen molar-refractivity contribution in [1.82, 2.24) is 10.2 Å². The zero-order valence-electron chi connectivity index (χ0n) is 12.1. The molecule has 1 aliphatic heterocycles. The molecule has 0 aromatic rings. The summed E-state index contributed by atoms with van der Waals surface area (Å²) in [5.74, 6) is 0.981. The first kappa shape index (κ1) is 12.0. The minimum Gasteiger partial charge on any atom is -0.311 e. The molecule has 1 N–H and O–H groups in total. The summed E-state index contributed by atoms with van der Waals surface area (Å²) in [7, 11) is 0. The molecule has 3 fully saturated rings. The van der Waals surface area contributed by atoms with Gasteiger partial charge in [0, 0.05) is 31.2 Å². The minimum atomic E-state index is 0.493. The summed E-state index contributed by atoms with van der Waals surface area (Å²) < 4.78 is 0. The van der Waals surface area contributed by atoms with Gasteiger partial charge < -0.3 is 5.32 Å². The molecule has 1 saturated heterocycles. The van der Waals surface area contributed by atoms with Crippen LogP contribution in [0.25, 0.3) is 0 Å². The molecule has 2 atom stereocenters. The fraction of sp³-hybridized carbons (Fsp3) is 1.00. The van der Waals surface area contributed by atoms with Gasteiger partial charge in [0.05, 0.1) is 0 Å². The van der Waals surface area contributed by atoms with E-state index in [4.69, 9.17) is 0 Å². The average Bonchev–Trinajstić information content (AvgIpc) is 3.09. The second-order valence-electron chi connectivity index (χ2n) is 7.74. The summed E-state index contributed by atoms with van der Waals surface area (Å²) in [5, 5.41) is 3.76. The second kappa shape index (κ2) is 3.48. The molecular formula is C15H28N2. The maximum absolute atomic E-state index is 3.76. The van der Waals surface area contributed by atoms with E-state index >= 15 is 0 Å². The summed E-state index contributed by atoms with van der Waals surface area (Å²) in [6.07, 6.45) is 2.91. The highest BCUT2D eigenvalue weighted by Gasteiger charge is 2.67. The number of hydrogen-bond acceptors (Lipinski definition) is 2. The van der Waals surface area contributed by atoms with Gasteiger partial charge in [0.25, 0.3) is 0 Å². The smallest absolute Gasteiger partial charge is 0.0224 e. The Bertz CT molecular complexity index is 303. The SMILES string of the molecule is CC1CNC(C2CC2)CN1C1C(C)(C)C1(C)C. The van der Waals surface area contributed by atoms with Crippen molar-refractivity contribution in [2.75, 3.05) is 13.1 Å². The van der Waals surface area contributed by atoms with Crippen LogP contribution in [0, 0.1) is 16.7 Å². The Morgan fingerprint density at radius 1 is 1.06 bits per heavy atom. The lowest BCUT2D eigenvalue weighted by Gasteiger charge is -2.40. The number of rotatable bonds is 2. The summed E-state index contributed by atoms with van der Waals surface area (Å²) in [6.45, 7) is 14.6. The number of piperazine rings is 1. The summed E-state index contributed by atoms with van der Waals surface area (Å²) >= 11 is 0. The molecule has 2 saturated carbocycles. The molecular weight excluding hydrogens is 208 g/mol. The lowest BCUT2D eigenvalue weighted by atomic mass is 10.0. The van der Waals surface area contributed by atoms with Gasteiger partial charge in [0.2, 0.25) is 0 Å². The summed E-state index contributed by atoms with van der Waals surface area (Å²) in [6, 6.07) is 2.27. The third-order valence-electron chi connectivity index (χ3n) is 6.12. The van der Waals surface area contributed by atoms with Gasteiger partial charge in [0.1, 0.15) is 0 Å². The van der Waals surface area contributed by atoms with Crippen LogP contribution in [0.1, 0.15) is 47.5 Å². The third kappa shape index (κ3) is 1.67. The van der Waals surface area contributed by atoms with Gasteiger partial charge in [0.15, 0.2) is 0 Å². The highest BCUT2D eigenvalue weighted by molar-refractivity contribution is 5.20. The first-order chi connectivity index (χ1) is 7.85. The van der Waals surface area contributed by atoms with Crippen molar-refractivity contribution in [3.63, 3.8) is 0 Å². The third-order valence-corrected chi connectivity index (χ3v) is 6.12. The van der Waals surface area contributed by atoms with E-state index < -0.39 is 0 Å². The molecule has 2 aliphatic carbocycles. The topological polar surface area (TPSA) is 15.3 Å². The minimum absolute atomic E-state index is 0.493. The van der Waals surface area contributed by atoms with Crippen molar-refractivity contribution >= 4 is 0 Å². The van der Waals surface area contributed by atoms with Crippen LogP contribution in [0.2, 0.25) is 0 Å². The van der Waals surface area contributed by atoms with Gasteiger partial charge in [-0.1, -0.05) is 27.7 Å². The van der Waals surface area contributed by atoms with E-state index in [2.05, 4.69) is 44.8 Å². The second-order valence-corrected chi connectivity index (χ2v) is 7.74. The normalized spacial score (nSPS) is 41.5. The zero-order valence-corrected chi connectivity index (χ0v) is 12.1. The molecule has 98 valence electrons. The van der Waals surface area contributed by atoms with Gasteiger partial charge >= 0.3 is 0 Å². The average molecular weight is 236 g/mol. The monoisotopic (exact) mass is 236 g/mol. The van der Waals surface area contributed by atoms with Gasteiger partial charge in [-0.25, -0.2) is 0 Å². The van der Waals surface area contributed by atoms with E-state index in [1.54, 1.807) is 0 Å². The van der Waals surface area contributed by atoms with E-state index in [0.29, 0.717) is 16.9 Å². The molecule has 0 bridgehead atoms. The van der Waals surface area contributed by atoms with Gasteiger partial charge in [-0.2, -0.15) is 0 Å². The van der Waals surface area contributed by atoms with Gasteiger partial charge in [-0.05, 0) is 36.5 Å². The molecule has 2 unspecified atom stereocenters. The molecule has 17 heavy (non-hydrogen) atoms. The molecule has 2 nitrogen and oxygen atoms in total. The van der Waals surface area contributed by atoms with Crippen molar-refractivity contribution in [1.29, 1.82) is 0 Å². The van der Waals surface area contributed by atoms with Crippen LogP contribution in [0.3, 0.4) is 0 Å². The predicted molar refractivity (Wildman–Crippen MR) is 72.0 cm³/mol. The molecule has 0 aromatic carbocycles. The first-order valence-electron chi connectivity index (χ1n) is 7.35. The van der Waals surface area contributed by atoms with E-state index in [1.807, 2.05) is 0 Å². The number of nitrogens with one attached hydrogen (secondary N) is 1.